The van der Waals surface area contributed by atoms with Crippen molar-refractivity contribution >= 4 is 38.7 Å². The molecule has 2 amide bonds. The summed E-state index contributed by atoms with van der Waals surface area (Å²) in [5.74, 6) is 0.409. The van der Waals surface area contributed by atoms with Gasteiger partial charge in [0.1, 0.15) is 0 Å². The molecule has 0 saturated heterocycles. The second-order valence-electron chi connectivity index (χ2n) is 4.59. The fraction of sp³-hybridized carbons (Fsp3) is 0.133. The number of aromatic nitrogens is 1. The molecule has 108 valence electrons. The van der Waals surface area contributed by atoms with Gasteiger partial charge in [-0.1, -0.05) is 18.2 Å². The van der Waals surface area contributed by atoms with Crippen LogP contribution < -0.4 is 10.6 Å². The number of rotatable bonds is 4. The van der Waals surface area contributed by atoms with Crippen LogP contribution in [0.25, 0.3) is 10.9 Å². The van der Waals surface area contributed by atoms with Gasteiger partial charge in [0.2, 0.25) is 5.88 Å². The Morgan fingerprint density at radius 3 is 2.90 bits per heavy atom. The Kier molecular flexibility index (Phi) is 3.96. The molecule has 0 atom stereocenters. The number of benzene rings is 1. The standard InChI is InChI=1S/C15H14BrN3O2/c16-13-5-6-14(21-13)19-15(20)17-8-7-10-9-18-12-4-2-1-3-11(10)12/h1-6,9,18H,7-8H2,(H2,17,19,20). The second-order valence-corrected chi connectivity index (χ2v) is 5.38. The van der Waals surface area contributed by atoms with Crippen LogP contribution in [0, 0.1) is 0 Å². The largest absolute Gasteiger partial charge is 0.434 e. The maximum absolute atomic E-state index is 11.7. The molecule has 0 aliphatic carbocycles. The quantitative estimate of drug-likeness (QED) is 0.670. The molecular formula is C15H14BrN3O2. The Hall–Kier alpha value is -2.21. The van der Waals surface area contributed by atoms with Crippen LogP contribution in [0.3, 0.4) is 0 Å². The average Bonchev–Trinajstić information content (AvgIpc) is 3.06. The first-order valence-electron chi connectivity index (χ1n) is 6.57. The molecule has 3 N–H and O–H groups in total. The van der Waals surface area contributed by atoms with Crippen LogP contribution in [0.5, 0.6) is 0 Å². The lowest BCUT2D eigenvalue weighted by atomic mass is 10.1. The van der Waals surface area contributed by atoms with Crippen molar-refractivity contribution in [2.45, 2.75) is 6.42 Å². The van der Waals surface area contributed by atoms with E-state index in [-0.39, 0.29) is 6.03 Å². The number of urea groups is 1. The van der Waals surface area contributed by atoms with Crippen LogP contribution in [0.2, 0.25) is 0 Å². The van der Waals surface area contributed by atoms with Gasteiger partial charge >= 0.3 is 6.03 Å². The summed E-state index contributed by atoms with van der Waals surface area (Å²) >= 11 is 3.18. The van der Waals surface area contributed by atoms with Crippen molar-refractivity contribution in [3.8, 4) is 0 Å². The summed E-state index contributed by atoms with van der Waals surface area (Å²) in [6.45, 7) is 0.551. The summed E-state index contributed by atoms with van der Waals surface area (Å²) in [6, 6.07) is 11.2. The van der Waals surface area contributed by atoms with Gasteiger partial charge in [0.05, 0.1) is 0 Å². The Labute approximate surface area is 129 Å². The van der Waals surface area contributed by atoms with E-state index in [1.807, 2.05) is 24.4 Å². The van der Waals surface area contributed by atoms with Crippen molar-refractivity contribution < 1.29 is 9.21 Å². The van der Waals surface area contributed by atoms with E-state index in [4.69, 9.17) is 4.42 Å². The highest BCUT2D eigenvalue weighted by molar-refractivity contribution is 9.10. The normalized spacial score (nSPS) is 10.7. The Bertz CT molecular complexity index is 763. The Morgan fingerprint density at radius 1 is 1.24 bits per heavy atom. The highest BCUT2D eigenvalue weighted by atomic mass is 79.9. The lowest BCUT2D eigenvalue weighted by Crippen LogP contribution is -2.30. The number of carbonyl (C=O) groups excluding carboxylic acids is 1. The van der Waals surface area contributed by atoms with Crippen molar-refractivity contribution in [1.82, 2.24) is 10.3 Å². The molecule has 0 radical (unpaired) electrons. The molecule has 1 aromatic carbocycles. The topological polar surface area (TPSA) is 70.1 Å². The minimum absolute atomic E-state index is 0.281. The zero-order valence-electron chi connectivity index (χ0n) is 11.2. The van der Waals surface area contributed by atoms with E-state index < -0.39 is 0 Å². The second kappa shape index (κ2) is 6.05. The van der Waals surface area contributed by atoms with E-state index in [0.717, 1.165) is 11.9 Å². The van der Waals surface area contributed by atoms with E-state index in [2.05, 4.69) is 37.6 Å². The minimum atomic E-state index is -0.281. The summed E-state index contributed by atoms with van der Waals surface area (Å²) in [6.07, 6.45) is 2.74. The first kappa shape index (κ1) is 13.8. The monoisotopic (exact) mass is 347 g/mol. The smallest absolute Gasteiger partial charge is 0.321 e. The van der Waals surface area contributed by atoms with Gasteiger partial charge in [0, 0.05) is 29.7 Å². The zero-order valence-corrected chi connectivity index (χ0v) is 12.7. The molecule has 6 heteroatoms. The van der Waals surface area contributed by atoms with Gasteiger partial charge < -0.3 is 14.7 Å². The SMILES string of the molecule is O=C(NCCc1c[nH]c2ccccc12)Nc1ccc(Br)o1. The lowest BCUT2D eigenvalue weighted by Gasteiger charge is -2.05. The van der Waals surface area contributed by atoms with Crippen LogP contribution in [0.4, 0.5) is 10.7 Å². The maximum atomic E-state index is 11.7. The molecule has 0 aliphatic heterocycles. The van der Waals surface area contributed by atoms with Gasteiger partial charge in [-0.3, -0.25) is 5.32 Å². The highest BCUT2D eigenvalue weighted by Crippen LogP contribution is 2.19. The molecule has 21 heavy (non-hydrogen) atoms. The number of furan rings is 1. The summed E-state index contributed by atoms with van der Waals surface area (Å²) < 4.78 is 5.78. The number of carbonyl (C=O) groups is 1. The number of nitrogens with one attached hydrogen (secondary N) is 3. The third kappa shape index (κ3) is 3.28. The molecule has 2 heterocycles. The number of para-hydroxylation sites is 1. The van der Waals surface area contributed by atoms with Gasteiger partial charge in [-0.2, -0.15) is 0 Å². The molecule has 0 bridgehead atoms. The highest BCUT2D eigenvalue weighted by Gasteiger charge is 2.06. The number of fused-ring (bicyclic) bond motifs is 1. The zero-order chi connectivity index (χ0) is 14.7. The number of halogens is 1. The summed E-state index contributed by atoms with van der Waals surface area (Å²) in [5.41, 5.74) is 2.30. The fourth-order valence-electron chi connectivity index (χ4n) is 2.19. The molecule has 0 saturated carbocycles. The summed E-state index contributed by atoms with van der Waals surface area (Å²) in [4.78, 5) is 14.9. The summed E-state index contributed by atoms with van der Waals surface area (Å²) in [7, 11) is 0. The number of amides is 2. The predicted octanol–water partition coefficient (Wildman–Crippen LogP) is 3.89. The van der Waals surface area contributed by atoms with Crippen molar-refractivity contribution in [2.75, 3.05) is 11.9 Å². The number of H-pyrrole nitrogens is 1. The molecular weight excluding hydrogens is 334 g/mol. The number of hydrogen-bond acceptors (Lipinski definition) is 2. The van der Waals surface area contributed by atoms with Crippen molar-refractivity contribution in [1.29, 1.82) is 0 Å². The Balaban J connectivity index is 1.53. The minimum Gasteiger partial charge on any atom is -0.434 e. The molecule has 3 aromatic rings. The lowest BCUT2D eigenvalue weighted by molar-refractivity contribution is 0.251. The number of aromatic amines is 1. The first-order valence-corrected chi connectivity index (χ1v) is 7.37. The van der Waals surface area contributed by atoms with Crippen molar-refractivity contribution in [3.05, 3.63) is 52.8 Å². The molecule has 0 fully saturated rings. The third-order valence-corrected chi connectivity index (χ3v) is 3.59. The fourth-order valence-corrected chi connectivity index (χ4v) is 2.49. The van der Waals surface area contributed by atoms with Crippen LogP contribution in [0.1, 0.15) is 5.56 Å². The Morgan fingerprint density at radius 2 is 2.10 bits per heavy atom. The third-order valence-electron chi connectivity index (χ3n) is 3.16. The van der Waals surface area contributed by atoms with Crippen LogP contribution in [0.15, 0.2) is 51.7 Å². The number of hydrogen-bond donors (Lipinski definition) is 3. The number of anilines is 1. The molecule has 0 unspecified atom stereocenters. The van der Waals surface area contributed by atoms with E-state index in [0.29, 0.717) is 17.1 Å². The van der Waals surface area contributed by atoms with Crippen LogP contribution in [-0.4, -0.2) is 17.6 Å². The van der Waals surface area contributed by atoms with E-state index in [1.165, 1.54) is 10.9 Å². The van der Waals surface area contributed by atoms with E-state index in [1.54, 1.807) is 12.1 Å². The summed E-state index contributed by atoms with van der Waals surface area (Å²) in [5, 5.41) is 6.62. The van der Waals surface area contributed by atoms with Gasteiger partial charge in [-0.05, 0) is 40.0 Å². The molecule has 3 rings (SSSR count). The van der Waals surface area contributed by atoms with Gasteiger partial charge in [-0.25, -0.2) is 4.79 Å². The van der Waals surface area contributed by atoms with E-state index >= 15 is 0 Å². The van der Waals surface area contributed by atoms with Crippen LogP contribution >= 0.6 is 15.9 Å². The molecule has 0 aliphatic rings. The maximum Gasteiger partial charge on any atom is 0.321 e. The van der Waals surface area contributed by atoms with Crippen molar-refractivity contribution in [2.24, 2.45) is 0 Å². The van der Waals surface area contributed by atoms with Crippen LogP contribution in [-0.2, 0) is 6.42 Å². The molecule has 5 nitrogen and oxygen atoms in total. The van der Waals surface area contributed by atoms with Gasteiger partial charge in [0.15, 0.2) is 4.67 Å². The van der Waals surface area contributed by atoms with E-state index in [9.17, 15) is 4.79 Å². The van der Waals surface area contributed by atoms with Crippen molar-refractivity contribution in [3.63, 3.8) is 0 Å². The first-order chi connectivity index (χ1) is 10.2. The predicted molar refractivity (Wildman–Crippen MR) is 85.4 cm³/mol. The van der Waals surface area contributed by atoms with Gasteiger partial charge in [0.25, 0.3) is 0 Å². The van der Waals surface area contributed by atoms with Gasteiger partial charge in [-0.15, -0.1) is 0 Å². The molecule has 2 aromatic heterocycles. The average molecular weight is 348 g/mol. The molecule has 0 spiro atoms.